The summed E-state index contributed by atoms with van der Waals surface area (Å²) in [6, 6.07) is 5.62. The molecule has 1 aromatic rings. The summed E-state index contributed by atoms with van der Waals surface area (Å²) >= 11 is 0. The standard InChI is InChI=1S/C13H16O3/c1-16-13(15)8-9-5-6-10-3-2-4-12(14)11(10)7-9/h2-4,9,14H,5-8H2,1H3. The SMILES string of the molecule is COC(=O)CC1CCc2cccc(O)c2C1. The van der Waals surface area contributed by atoms with Crippen molar-refractivity contribution in [3.05, 3.63) is 29.3 Å². The van der Waals surface area contributed by atoms with E-state index in [2.05, 4.69) is 4.74 Å². The second-order valence-corrected chi connectivity index (χ2v) is 4.30. The van der Waals surface area contributed by atoms with Crippen LogP contribution in [0.1, 0.15) is 24.0 Å². The van der Waals surface area contributed by atoms with E-state index in [9.17, 15) is 9.90 Å². The first-order valence-corrected chi connectivity index (χ1v) is 5.57. The number of esters is 1. The van der Waals surface area contributed by atoms with Crippen LogP contribution in [0.15, 0.2) is 18.2 Å². The van der Waals surface area contributed by atoms with Crippen LogP contribution in [-0.4, -0.2) is 18.2 Å². The van der Waals surface area contributed by atoms with E-state index in [1.54, 1.807) is 6.07 Å². The Kier molecular flexibility index (Phi) is 3.13. The fraction of sp³-hybridized carbons (Fsp3) is 0.462. The topological polar surface area (TPSA) is 46.5 Å². The van der Waals surface area contributed by atoms with Gasteiger partial charge in [0.25, 0.3) is 0 Å². The van der Waals surface area contributed by atoms with Gasteiger partial charge in [0.05, 0.1) is 7.11 Å². The van der Waals surface area contributed by atoms with Gasteiger partial charge in [0.15, 0.2) is 0 Å². The van der Waals surface area contributed by atoms with Crippen molar-refractivity contribution in [1.29, 1.82) is 0 Å². The summed E-state index contributed by atoms with van der Waals surface area (Å²) in [5.74, 6) is 0.490. The van der Waals surface area contributed by atoms with Gasteiger partial charge in [-0.05, 0) is 42.4 Å². The fourth-order valence-electron chi connectivity index (χ4n) is 2.33. The predicted molar refractivity (Wildman–Crippen MR) is 60.3 cm³/mol. The number of methoxy groups -OCH3 is 1. The van der Waals surface area contributed by atoms with Crippen LogP contribution in [0.5, 0.6) is 5.75 Å². The molecule has 0 bridgehead atoms. The number of hydrogen-bond donors (Lipinski definition) is 1. The zero-order valence-electron chi connectivity index (χ0n) is 9.40. The monoisotopic (exact) mass is 220 g/mol. The van der Waals surface area contributed by atoms with Gasteiger partial charge in [-0.15, -0.1) is 0 Å². The zero-order chi connectivity index (χ0) is 11.5. The maximum Gasteiger partial charge on any atom is 0.305 e. The van der Waals surface area contributed by atoms with Crippen molar-refractivity contribution >= 4 is 5.97 Å². The van der Waals surface area contributed by atoms with Crippen molar-refractivity contribution in [3.8, 4) is 5.75 Å². The molecule has 0 saturated heterocycles. The number of aromatic hydroxyl groups is 1. The smallest absolute Gasteiger partial charge is 0.305 e. The van der Waals surface area contributed by atoms with Gasteiger partial charge >= 0.3 is 5.97 Å². The maximum atomic E-state index is 11.2. The van der Waals surface area contributed by atoms with Crippen LogP contribution in [0.2, 0.25) is 0 Å². The second kappa shape index (κ2) is 4.56. The van der Waals surface area contributed by atoms with Crippen LogP contribution in [0, 0.1) is 5.92 Å². The summed E-state index contributed by atoms with van der Waals surface area (Å²) < 4.78 is 4.67. The molecular weight excluding hydrogens is 204 g/mol. The number of fused-ring (bicyclic) bond motifs is 1. The van der Waals surface area contributed by atoms with Gasteiger partial charge in [-0.3, -0.25) is 4.79 Å². The molecule has 0 saturated carbocycles. The molecule has 0 heterocycles. The Labute approximate surface area is 95.0 Å². The number of phenols is 1. The maximum absolute atomic E-state index is 11.2. The number of hydrogen-bond acceptors (Lipinski definition) is 3. The van der Waals surface area contributed by atoms with Crippen LogP contribution < -0.4 is 0 Å². The average Bonchev–Trinajstić information content (AvgIpc) is 2.30. The summed E-state index contributed by atoms with van der Waals surface area (Å²) in [5.41, 5.74) is 2.21. The number of phenolic OH excluding ortho intramolecular Hbond substituents is 1. The molecule has 1 unspecified atom stereocenters. The van der Waals surface area contributed by atoms with Crippen molar-refractivity contribution in [3.63, 3.8) is 0 Å². The molecule has 1 N–H and O–H groups in total. The molecule has 2 rings (SSSR count). The Balaban J connectivity index is 2.11. The third kappa shape index (κ3) is 2.18. The lowest BCUT2D eigenvalue weighted by atomic mass is 9.82. The molecule has 3 heteroatoms. The number of carbonyl (C=O) groups excluding carboxylic acids is 1. The quantitative estimate of drug-likeness (QED) is 0.776. The van der Waals surface area contributed by atoms with E-state index in [4.69, 9.17) is 0 Å². The fourth-order valence-corrected chi connectivity index (χ4v) is 2.33. The summed E-state index contributed by atoms with van der Waals surface area (Å²) in [4.78, 5) is 11.2. The highest BCUT2D eigenvalue weighted by Gasteiger charge is 2.23. The first kappa shape index (κ1) is 11.0. The largest absolute Gasteiger partial charge is 0.508 e. The van der Waals surface area contributed by atoms with E-state index >= 15 is 0 Å². The molecule has 1 aromatic carbocycles. The van der Waals surface area contributed by atoms with E-state index in [0.29, 0.717) is 18.1 Å². The molecule has 1 aliphatic rings. The highest BCUT2D eigenvalue weighted by Crippen LogP contribution is 2.32. The van der Waals surface area contributed by atoms with E-state index in [1.807, 2.05) is 12.1 Å². The van der Waals surface area contributed by atoms with Gasteiger partial charge < -0.3 is 9.84 Å². The lowest BCUT2D eigenvalue weighted by molar-refractivity contribution is -0.141. The summed E-state index contributed by atoms with van der Waals surface area (Å²) in [6.07, 6.45) is 3.15. The third-order valence-electron chi connectivity index (χ3n) is 3.25. The lowest BCUT2D eigenvalue weighted by Crippen LogP contribution is -2.18. The molecule has 16 heavy (non-hydrogen) atoms. The van der Waals surface area contributed by atoms with Gasteiger partial charge in [0.2, 0.25) is 0 Å². The normalized spacial score (nSPS) is 18.9. The minimum absolute atomic E-state index is 0.163. The van der Waals surface area contributed by atoms with Crippen LogP contribution in [-0.2, 0) is 22.4 Å². The van der Waals surface area contributed by atoms with E-state index in [0.717, 1.165) is 24.8 Å². The minimum atomic E-state index is -0.163. The van der Waals surface area contributed by atoms with Crippen molar-refractivity contribution in [2.75, 3.05) is 7.11 Å². The van der Waals surface area contributed by atoms with Gasteiger partial charge in [0.1, 0.15) is 5.75 Å². The highest BCUT2D eigenvalue weighted by molar-refractivity contribution is 5.69. The van der Waals surface area contributed by atoms with Gasteiger partial charge in [-0.1, -0.05) is 12.1 Å². The van der Waals surface area contributed by atoms with Crippen LogP contribution in [0.4, 0.5) is 0 Å². The second-order valence-electron chi connectivity index (χ2n) is 4.30. The molecule has 3 nitrogen and oxygen atoms in total. The Morgan fingerprint density at radius 2 is 2.38 bits per heavy atom. The van der Waals surface area contributed by atoms with Gasteiger partial charge in [-0.2, -0.15) is 0 Å². The molecule has 0 amide bonds. The Bertz CT molecular complexity index is 398. The molecule has 0 aliphatic heterocycles. The highest BCUT2D eigenvalue weighted by atomic mass is 16.5. The number of aryl methyl sites for hydroxylation is 1. The first-order valence-electron chi connectivity index (χ1n) is 5.57. The summed E-state index contributed by atoms with van der Waals surface area (Å²) in [7, 11) is 1.41. The van der Waals surface area contributed by atoms with Crippen molar-refractivity contribution in [1.82, 2.24) is 0 Å². The molecule has 1 aliphatic carbocycles. The van der Waals surface area contributed by atoms with Crippen molar-refractivity contribution in [2.45, 2.75) is 25.7 Å². The molecule has 0 spiro atoms. The molecule has 0 radical (unpaired) electrons. The van der Waals surface area contributed by atoms with E-state index in [1.165, 1.54) is 12.7 Å². The van der Waals surface area contributed by atoms with Crippen molar-refractivity contribution in [2.24, 2.45) is 5.92 Å². The summed E-state index contributed by atoms with van der Waals surface area (Å²) in [6.45, 7) is 0. The summed E-state index contributed by atoms with van der Waals surface area (Å²) in [5, 5.41) is 9.75. The number of ether oxygens (including phenoxy) is 1. The van der Waals surface area contributed by atoms with E-state index in [-0.39, 0.29) is 5.97 Å². The Morgan fingerprint density at radius 3 is 3.12 bits per heavy atom. The number of rotatable bonds is 2. The van der Waals surface area contributed by atoms with Crippen LogP contribution in [0.3, 0.4) is 0 Å². The Hall–Kier alpha value is -1.51. The number of benzene rings is 1. The minimum Gasteiger partial charge on any atom is -0.508 e. The van der Waals surface area contributed by atoms with Crippen molar-refractivity contribution < 1.29 is 14.6 Å². The first-order chi connectivity index (χ1) is 7.70. The zero-order valence-corrected chi connectivity index (χ0v) is 9.40. The molecule has 0 aromatic heterocycles. The Morgan fingerprint density at radius 1 is 1.56 bits per heavy atom. The average molecular weight is 220 g/mol. The molecular formula is C13H16O3. The number of carbonyl (C=O) groups is 1. The van der Waals surface area contributed by atoms with Gasteiger partial charge in [-0.25, -0.2) is 0 Å². The predicted octanol–water partition coefficient (Wildman–Crippen LogP) is 2.06. The molecule has 86 valence electrons. The van der Waals surface area contributed by atoms with E-state index < -0.39 is 0 Å². The van der Waals surface area contributed by atoms with Crippen LogP contribution in [0.25, 0.3) is 0 Å². The van der Waals surface area contributed by atoms with Crippen LogP contribution >= 0.6 is 0 Å². The molecule has 1 atom stereocenters. The lowest BCUT2D eigenvalue weighted by Gasteiger charge is -2.24. The third-order valence-corrected chi connectivity index (χ3v) is 3.25. The van der Waals surface area contributed by atoms with Gasteiger partial charge in [0, 0.05) is 6.42 Å². The molecule has 0 fully saturated rings.